The number of azo groups is 1. The molecule has 0 aliphatic rings. The van der Waals surface area contributed by atoms with E-state index in [1.165, 1.54) is 0 Å². The Labute approximate surface area is 418 Å². The number of aromatic hydroxyl groups is 1. The number of sulfone groups is 3. The second kappa shape index (κ2) is 25.4. The number of benzene rings is 4. The number of nitrogens with zero attached hydrogens (tertiary/aromatic N) is 4. The summed E-state index contributed by atoms with van der Waals surface area (Å²) in [5.74, 6) is -4.51. The third-order valence-electron chi connectivity index (χ3n) is 8.50. The van der Waals surface area contributed by atoms with Crippen LogP contribution in [0.3, 0.4) is 0 Å². The van der Waals surface area contributed by atoms with Gasteiger partial charge in [-0.15, -0.1) is 18.9 Å². The van der Waals surface area contributed by atoms with Gasteiger partial charge in [-0.1, -0.05) is 10.1 Å². The number of ether oxygens (including phenoxy) is 1. The number of anilines is 2. The van der Waals surface area contributed by atoms with Crippen LogP contribution in [0.1, 0.15) is 0 Å². The van der Waals surface area contributed by atoms with Gasteiger partial charge in [0, 0.05) is 0 Å². The summed E-state index contributed by atoms with van der Waals surface area (Å²) < 4.78 is 204. The number of phenols is 1. The van der Waals surface area contributed by atoms with Gasteiger partial charge in [0.25, 0.3) is 20.2 Å². The fourth-order valence-electron chi connectivity index (χ4n) is 5.26. The summed E-state index contributed by atoms with van der Waals surface area (Å²) in [6.07, 6.45) is 0. The molecular weight excluding hydrogens is 1160 g/mol. The van der Waals surface area contributed by atoms with Gasteiger partial charge < -0.3 is 9.84 Å². The fraction of sp³-hybridized carbons (Fsp3) is 0.226. The molecule has 0 aliphatic carbocycles. The zero-order valence-electron chi connectivity index (χ0n) is 35.7. The molecule has 0 radical (unpaired) electrons. The molecule has 0 atom stereocenters. The smallest absolute Gasteiger partial charge is 0.397 e. The van der Waals surface area contributed by atoms with Crippen LogP contribution in [0.5, 0.6) is 11.5 Å². The minimum atomic E-state index is -5.47. The van der Waals surface area contributed by atoms with Gasteiger partial charge in [0.2, 0.25) is 10.9 Å². The lowest BCUT2D eigenvalue weighted by Crippen LogP contribution is -2.48. The maximum Gasteiger partial charge on any atom is 0.397 e. The van der Waals surface area contributed by atoms with Gasteiger partial charge >= 0.3 is 10.4 Å². The Morgan fingerprint density at radius 2 is 1.05 bits per heavy atom. The van der Waals surface area contributed by atoms with Crippen molar-refractivity contribution >= 4 is 108 Å². The molecule has 0 fully saturated rings. The lowest BCUT2D eigenvalue weighted by Gasteiger charge is -2.11. The minimum Gasteiger partial charge on any atom is -0.504 e. The zero-order chi connectivity index (χ0) is 54.6. The molecule has 4 aromatic rings. The number of hydrogen-bond donors (Lipinski definition) is 8. The Balaban J connectivity index is 1.95. The van der Waals surface area contributed by atoms with Crippen LogP contribution in [-0.4, -0.2) is 124 Å². The van der Waals surface area contributed by atoms with Crippen molar-refractivity contribution in [1.82, 2.24) is 0 Å². The first-order chi connectivity index (χ1) is 34.0. The SMILES string of the molecule is COc1ccc(S(=O)(=O)CCOSOOO)cc1NN=c1c(=O)c(N=Nc2ccc(S(=O)(=O)CCOSOOO)cc2S(=O)(=O)O)c(O)c(=NNc2ccc(S(=O)(=O)CCOS(=O)(=O)O)cc2S(=O)(=O)O)c1=O. The molecule has 4 rings (SSSR count). The van der Waals surface area contributed by atoms with E-state index in [0.717, 1.165) is 31.4 Å². The van der Waals surface area contributed by atoms with Crippen LogP contribution >= 0.6 is 24.6 Å². The molecule has 0 saturated carbocycles. The largest absolute Gasteiger partial charge is 0.504 e. The normalized spacial score (nSPS) is 13.5. The van der Waals surface area contributed by atoms with Crippen molar-refractivity contribution in [3.63, 3.8) is 0 Å². The average Bonchev–Trinajstić information content (AvgIpc) is 3.30. The quantitative estimate of drug-likeness (QED) is 0.00919. The summed E-state index contributed by atoms with van der Waals surface area (Å²) in [5, 5.41) is 45.8. The maximum atomic E-state index is 13.9. The van der Waals surface area contributed by atoms with E-state index in [1.54, 1.807) is 0 Å². The third kappa shape index (κ3) is 16.9. The van der Waals surface area contributed by atoms with Crippen molar-refractivity contribution in [3.8, 4) is 11.5 Å². The van der Waals surface area contributed by atoms with E-state index < -0.39 is 166 Å². The molecule has 0 aromatic heterocycles. The second-order valence-electron chi connectivity index (χ2n) is 13.1. The minimum absolute atomic E-state index is 0.0159. The van der Waals surface area contributed by atoms with Crippen LogP contribution in [0.4, 0.5) is 22.7 Å². The van der Waals surface area contributed by atoms with Crippen LogP contribution in [0.15, 0.2) is 109 Å². The first kappa shape index (κ1) is 60.4. The number of nitrogens with one attached hydrogen (secondary N) is 2. The highest BCUT2D eigenvalue weighted by atomic mass is 32.3. The van der Waals surface area contributed by atoms with E-state index >= 15 is 0 Å². The molecule has 0 saturated heterocycles. The standard InChI is InChI=1S/C31H32N6O28S8/c1-58-23-7-4-17(68(43,44)11-8-59-66-64-62-41)14-22(23)34-37-28-30(39)26(35-32-20-5-2-18(15-24(20)71(49,50)51)69(45,46)12-9-60-67-65-63-42)29(38)27(31(28)40)36-33-21-6-3-19(16-25(21)72(52,53)54)70(47,48)13-10-61-73(55,56)57/h2-7,14-16,33-34,38,41-42H,8-13H2,1H3,(H,49,50,51)(H,52,53,54)(H,55,56,57). The van der Waals surface area contributed by atoms with E-state index in [4.69, 9.17) is 24.0 Å². The highest BCUT2D eigenvalue weighted by Crippen LogP contribution is 2.31. The van der Waals surface area contributed by atoms with Crippen LogP contribution < -0.4 is 37.2 Å². The molecule has 0 amide bonds. The van der Waals surface area contributed by atoms with E-state index in [-0.39, 0.29) is 36.1 Å². The summed E-state index contributed by atoms with van der Waals surface area (Å²) in [5.41, 5.74) is -2.73. The van der Waals surface area contributed by atoms with Crippen molar-refractivity contribution < 1.29 is 116 Å². The Hall–Kier alpha value is -5.20. The van der Waals surface area contributed by atoms with Crippen LogP contribution in [0, 0.1) is 0 Å². The molecule has 42 heteroatoms. The Morgan fingerprint density at radius 1 is 0.575 bits per heavy atom. The first-order valence-electron chi connectivity index (χ1n) is 18.3. The van der Waals surface area contributed by atoms with Gasteiger partial charge in [-0.3, -0.25) is 42.5 Å². The molecule has 34 nitrogen and oxygen atoms in total. The lowest BCUT2D eigenvalue weighted by atomic mass is 10.2. The summed E-state index contributed by atoms with van der Waals surface area (Å²) in [6.45, 7) is -2.34. The molecule has 0 bridgehead atoms. The molecular formula is C31H32N6O28S8. The summed E-state index contributed by atoms with van der Waals surface area (Å²) >= 11 is 0.0939. The highest BCUT2D eigenvalue weighted by molar-refractivity contribution is 7.92. The van der Waals surface area contributed by atoms with Crippen LogP contribution in [-0.2, 0) is 91.4 Å². The van der Waals surface area contributed by atoms with Crippen LogP contribution in [0.25, 0.3) is 0 Å². The molecule has 4 aromatic carbocycles. The molecule has 0 unspecified atom stereocenters. The Morgan fingerprint density at radius 3 is 1.58 bits per heavy atom. The molecule has 0 heterocycles. The maximum absolute atomic E-state index is 13.9. The molecule has 0 aliphatic heterocycles. The van der Waals surface area contributed by atoms with Crippen LogP contribution in [0.2, 0.25) is 0 Å². The Kier molecular flexibility index (Phi) is 21.0. The molecule has 0 spiro atoms. The van der Waals surface area contributed by atoms with Gasteiger partial charge in [0.1, 0.15) is 21.2 Å². The van der Waals surface area contributed by atoms with E-state index in [0.29, 0.717) is 30.3 Å². The van der Waals surface area contributed by atoms with E-state index in [1.807, 2.05) is 5.43 Å². The number of hydrogen-bond acceptors (Lipinski definition) is 33. The van der Waals surface area contributed by atoms with Crippen molar-refractivity contribution in [3.05, 3.63) is 85.8 Å². The van der Waals surface area contributed by atoms with Crippen molar-refractivity contribution in [1.29, 1.82) is 0 Å². The highest BCUT2D eigenvalue weighted by Gasteiger charge is 2.26. The fourth-order valence-corrected chi connectivity index (χ4v) is 11.1. The van der Waals surface area contributed by atoms with E-state index in [9.17, 15) is 74.3 Å². The predicted octanol–water partition coefficient (Wildman–Crippen LogP) is -0.0963. The lowest BCUT2D eigenvalue weighted by molar-refractivity contribution is -0.434. The van der Waals surface area contributed by atoms with Gasteiger partial charge in [0.15, 0.2) is 76.3 Å². The van der Waals surface area contributed by atoms with Crippen molar-refractivity contribution in [2.24, 2.45) is 20.4 Å². The monoisotopic (exact) mass is 1190 g/mol. The Bertz CT molecular complexity index is 3670. The summed E-state index contributed by atoms with van der Waals surface area (Å²) in [7, 11) is -28.3. The topological polar surface area (TPSA) is 508 Å². The van der Waals surface area contributed by atoms with Crippen molar-refractivity contribution in [2.75, 3.05) is 55.0 Å². The van der Waals surface area contributed by atoms with Gasteiger partial charge in [-0.2, -0.15) is 35.5 Å². The average molecular weight is 1190 g/mol. The summed E-state index contributed by atoms with van der Waals surface area (Å²) in [6, 6.07) is 6.48. The van der Waals surface area contributed by atoms with Gasteiger partial charge in [-0.25, -0.2) is 40.0 Å². The second-order valence-corrected chi connectivity index (χ2v) is 24.3. The predicted molar refractivity (Wildman–Crippen MR) is 241 cm³/mol. The molecule has 402 valence electrons. The number of phenolic OH excluding ortho intramolecular Hbond substituents is 1. The number of methoxy groups -OCH3 is 1. The molecule has 8 N–H and O–H groups in total. The van der Waals surface area contributed by atoms with Gasteiger partial charge in [-0.05, 0) is 54.6 Å². The number of rotatable bonds is 28. The first-order valence-corrected chi connectivity index (χ1v) is 28.9. The third-order valence-corrected chi connectivity index (χ3v) is 16.5. The van der Waals surface area contributed by atoms with Gasteiger partial charge in [0.05, 0.1) is 70.3 Å². The van der Waals surface area contributed by atoms with Crippen molar-refractivity contribution in [2.45, 2.75) is 24.5 Å². The zero-order valence-corrected chi connectivity index (χ0v) is 42.2. The van der Waals surface area contributed by atoms with E-state index in [2.05, 4.69) is 53.0 Å². The molecule has 73 heavy (non-hydrogen) atoms. The summed E-state index contributed by atoms with van der Waals surface area (Å²) in [4.78, 5) is 23.2.